The van der Waals surface area contributed by atoms with E-state index >= 15 is 0 Å². The van der Waals surface area contributed by atoms with Crippen molar-refractivity contribution < 1.29 is 4.74 Å². The fourth-order valence-corrected chi connectivity index (χ4v) is 2.68. The first kappa shape index (κ1) is 14.2. The zero-order valence-corrected chi connectivity index (χ0v) is 12.2. The summed E-state index contributed by atoms with van der Waals surface area (Å²) in [6, 6.07) is 9.22. The minimum absolute atomic E-state index is 0.413. The molecule has 1 aromatic carbocycles. The Bertz CT molecular complexity index is 410. The first-order valence-corrected chi connectivity index (χ1v) is 6.96. The zero-order chi connectivity index (χ0) is 13.8. The van der Waals surface area contributed by atoms with Gasteiger partial charge in [0.1, 0.15) is 5.75 Å². The predicted molar refractivity (Wildman–Crippen MR) is 79.9 cm³/mol. The molecule has 106 valence electrons. The Kier molecular flexibility index (Phi) is 4.66. The molecule has 1 aromatic rings. The lowest BCUT2D eigenvalue weighted by atomic mass is 10.1. The largest absolute Gasteiger partial charge is 0.497 e. The van der Waals surface area contributed by atoms with E-state index in [4.69, 9.17) is 10.5 Å². The normalized spacial score (nSPS) is 25.2. The fourth-order valence-electron chi connectivity index (χ4n) is 2.68. The summed E-state index contributed by atoms with van der Waals surface area (Å²) in [6.45, 7) is 5.06. The van der Waals surface area contributed by atoms with Gasteiger partial charge in [-0.2, -0.15) is 0 Å². The molecule has 1 aliphatic rings. The number of ether oxygens (including phenoxy) is 1. The lowest BCUT2D eigenvalue weighted by Crippen LogP contribution is -2.45. The summed E-state index contributed by atoms with van der Waals surface area (Å²) in [7, 11) is 3.88. The van der Waals surface area contributed by atoms with Gasteiger partial charge in [0.25, 0.3) is 0 Å². The average Bonchev–Trinajstić information content (AvgIpc) is 2.59. The predicted octanol–water partition coefficient (Wildman–Crippen LogP) is 1.55. The van der Waals surface area contributed by atoms with Gasteiger partial charge >= 0.3 is 0 Å². The Hall–Kier alpha value is -1.26. The van der Waals surface area contributed by atoms with Crippen LogP contribution in [-0.4, -0.2) is 50.8 Å². The molecule has 2 atom stereocenters. The van der Waals surface area contributed by atoms with Crippen molar-refractivity contribution >= 4 is 5.69 Å². The molecule has 1 heterocycles. The number of benzene rings is 1. The second-order valence-electron chi connectivity index (χ2n) is 5.36. The second-order valence-corrected chi connectivity index (χ2v) is 5.36. The van der Waals surface area contributed by atoms with Gasteiger partial charge in [0.2, 0.25) is 0 Å². The van der Waals surface area contributed by atoms with Crippen LogP contribution < -0.4 is 15.4 Å². The Morgan fingerprint density at radius 3 is 2.89 bits per heavy atom. The maximum Gasteiger partial charge on any atom is 0.120 e. The number of hydrogen-bond acceptors (Lipinski definition) is 4. The van der Waals surface area contributed by atoms with E-state index in [1.54, 1.807) is 7.11 Å². The van der Waals surface area contributed by atoms with Gasteiger partial charge in [-0.3, -0.25) is 0 Å². The van der Waals surface area contributed by atoms with Gasteiger partial charge < -0.3 is 20.3 Å². The van der Waals surface area contributed by atoms with Crippen LogP contribution in [0.1, 0.15) is 13.3 Å². The molecule has 19 heavy (non-hydrogen) atoms. The highest BCUT2D eigenvalue weighted by Gasteiger charge is 2.25. The minimum Gasteiger partial charge on any atom is -0.497 e. The molecule has 1 aliphatic heterocycles. The van der Waals surface area contributed by atoms with Crippen LogP contribution in [0, 0.1) is 0 Å². The van der Waals surface area contributed by atoms with Gasteiger partial charge in [0.05, 0.1) is 7.11 Å². The van der Waals surface area contributed by atoms with Crippen molar-refractivity contribution in [2.24, 2.45) is 5.73 Å². The maximum atomic E-state index is 5.91. The van der Waals surface area contributed by atoms with E-state index in [-0.39, 0.29) is 0 Å². The summed E-state index contributed by atoms with van der Waals surface area (Å²) in [4.78, 5) is 4.82. The molecule has 0 spiro atoms. The molecule has 2 rings (SSSR count). The molecule has 4 heteroatoms. The van der Waals surface area contributed by atoms with Gasteiger partial charge in [-0.05, 0) is 32.5 Å². The third-order valence-electron chi connectivity index (χ3n) is 4.12. The Morgan fingerprint density at radius 2 is 2.21 bits per heavy atom. The highest BCUT2D eigenvalue weighted by Crippen LogP contribution is 2.26. The quantitative estimate of drug-likeness (QED) is 0.898. The molecule has 0 aromatic heterocycles. The van der Waals surface area contributed by atoms with Crippen LogP contribution in [0.15, 0.2) is 24.3 Å². The summed E-state index contributed by atoms with van der Waals surface area (Å²) in [5.41, 5.74) is 7.13. The molecular weight excluding hydrogens is 238 g/mol. The first-order chi connectivity index (χ1) is 9.15. The lowest BCUT2D eigenvalue weighted by molar-refractivity contribution is 0.265. The van der Waals surface area contributed by atoms with Gasteiger partial charge in [-0.25, -0.2) is 0 Å². The average molecular weight is 263 g/mol. The van der Waals surface area contributed by atoms with Crippen molar-refractivity contribution in [2.45, 2.75) is 25.4 Å². The maximum absolute atomic E-state index is 5.91. The molecule has 2 N–H and O–H groups in total. The van der Waals surface area contributed by atoms with Crippen LogP contribution in [0.5, 0.6) is 5.75 Å². The summed E-state index contributed by atoms with van der Waals surface area (Å²) >= 11 is 0. The van der Waals surface area contributed by atoms with Gasteiger partial charge in [0, 0.05) is 43.5 Å². The summed E-state index contributed by atoms with van der Waals surface area (Å²) in [5, 5.41) is 0. The van der Waals surface area contributed by atoms with E-state index in [0.29, 0.717) is 18.6 Å². The Balaban J connectivity index is 2.24. The van der Waals surface area contributed by atoms with Crippen LogP contribution in [0.4, 0.5) is 5.69 Å². The highest BCUT2D eigenvalue weighted by atomic mass is 16.5. The summed E-state index contributed by atoms with van der Waals surface area (Å²) in [6.07, 6.45) is 1.16. The molecule has 0 saturated carbocycles. The zero-order valence-electron chi connectivity index (χ0n) is 12.2. The fraction of sp³-hybridized carbons (Fsp3) is 0.600. The minimum atomic E-state index is 0.413. The first-order valence-electron chi connectivity index (χ1n) is 6.96. The number of nitrogens with two attached hydrogens (primary N) is 1. The van der Waals surface area contributed by atoms with Crippen molar-refractivity contribution in [2.75, 3.05) is 38.7 Å². The van der Waals surface area contributed by atoms with E-state index in [9.17, 15) is 0 Å². The molecule has 0 bridgehead atoms. The van der Waals surface area contributed by atoms with E-state index in [1.165, 1.54) is 5.69 Å². The molecule has 0 radical (unpaired) electrons. The van der Waals surface area contributed by atoms with Gasteiger partial charge in [0.15, 0.2) is 0 Å². The van der Waals surface area contributed by atoms with E-state index in [0.717, 1.165) is 25.3 Å². The smallest absolute Gasteiger partial charge is 0.120 e. The number of methoxy groups -OCH3 is 1. The van der Waals surface area contributed by atoms with Crippen LogP contribution >= 0.6 is 0 Å². The molecule has 1 saturated heterocycles. The van der Waals surface area contributed by atoms with Crippen LogP contribution in [0.3, 0.4) is 0 Å². The van der Waals surface area contributed by atoms with Crippen molar-refractivity contribution in [3.05, 3.63) is 24.3 Å². The van der Waals surface area contributed by atoms with Crippen molar-refractivity contribution in [3.8, 4) is 5.75 Å². The van der Waals surface area contributed by atoms with E-state index in [2.05, 4.69) is 35.9 Å². The molecule has 0 aliphatic carbocycles. The number of nitrogens with zero attached hydrogens (tertiary/aromatic N) is 2. The third-order valence-corrected chi connectivity index (χ3v) is 4.12. The van der Waals surface area contributed by atoms with Gasteiger partial charge in [-0.1, -0.05) is 6.07 Å². The highest BCUT2D eigenvalue weighted by molar-refractivity contribution is 5.51. The molecule has 2 unspecified atom stereocenters. The third kappa shape index (κ3) is 3.19. The molecule has 4 nitrogen and oxygen atoms in total. The SMILES string of the molecule is COc1cccc(N2CC(CN)N(C)CCC2C)c1. The Morgan fingerprint density at radius 1 is 1.42 bits per heavy atom. The standard InChI is InChI=1S/C15H25N3O/c1-12-7-8-17(2)14(10-16)11-18(12)13-5-4-6-15(9-13)19-3/h4-6,9,12,14H,7-8,10-11,16H2,1-3H3. The van der Waals surface area contributed by atoms with E-state index in [1.807, 2.05) is 12.1 Å². The number of likely N-dealkylation sites (N-methyl/N-ethyl adjacent to an activating group) is 1. The molecule has 0 amide bonds. The monoisotopic (exact) mass is 263 g/mol. The Labute approximate surface area is 116 Å². The number of hydrogen-bond donors (Lipinski definition) is 1. The molecular formula is C15H25N3O. The van der Waals surface area contributed by atoms with Crippen molar-refractivity contribution in [1.29, 1.82) is 0 Å². The second kappa shape index (κ2) is 6.26. The lowest BCUT2D eigenvalue weighted by Gasteiger charge is -2.32. The van der Waals surface area contributed by atoms with Crippen LogP contribution in [-0.2, 0) is 0 Å². The van der Waals surface area contributed by atoms with Crippen molar-refractivity contribution in [3.63, 3.8) is 0 Å². The summed E-state index contributed by atoms with van der Waals surface area (Å²) in [5.74, 6) is 0.909. The summed E-state index contributed by atoms with van der Waals surface area (Å²) < 4.78 is 5.32. The molecule has 1 fully saturated rings. The van der Waals surface area contributed by atoms with Gasteiger partial charge in [-0.15, -0.1) is 0 Å². The van der Waals surface area contributed by atoms with Crippen LogP contribution in [0.2, 0.25) is 0 Å². The number of anilines is 1. The number of rotatable bonds is 3. The van der Waals surface area contributed by atoms with E-state index < -0.39 is 0 Å². The topological polar surface area (TPSA) is 41.7 Å². The van der Waals surface area contributed by atoms with Crippen molar-refractivity contribution in [1.82, 2.24) is 4.90 Å². The van der Waals surface area contributed by atoms with Crippen LogP contribution in [0.25, 0.3) is 0 Å².